The van der Waals surface area contributed by atoms with E-state index >= 15 is 0 Å². The lowest BCUT2D eigenvalue weighted by Gasteiger charge is -2.06. The minimum absolute atomic E-state index is 0.0163. The van der Waals surface area contributed by atoms with Gasteiger partial charge in [-0.1, -0.05) is 23.2 Å². The van der Waals surface area contributed by atoms with Crippen LogP contribution in [0.2, 0.25) is 10.3 Å². The summed E-state index contributed by atoms with van der Waals surface area (Å²) in [4.78, 5) is 13.1. The molecule has 0 aliphatic rings. The molecule has 0 atom stereocenters. The van der Waals surface area contributed by atoms with Crippen molar-refractivity contribution in [2.24, 2.45) is 0 Å². The number of aromatic nitrogens is 2. The van der Waals surface area contributed by atoms with Gasteiger partial charge in [-0.3, -0.25) is 4.79 Å². The van der Waals surface area contributed by atoms with Crippen molar-refractivity contribution in [3.8, 4) is 0 Å². The Morgan fingerprint density at radius 1 is 1.21 bits per heavy atom. The summed E-state index contributed by atoms with van der Waals surface area (Å²) in [5.74, 6) is -0.376. The molecule has 0 spiro atoms. The number of halogens is 2. The molecule has 7 heteroatoms. The summed E-state index contributed by atoms with van der Waals surface area (Å²) in [7, 11) is 0. The van der Waals surface area contributed by atoms with Crippen LogP contribution in [0.4, 0.5) is 5.69 Å². The van der Waals surface area contributed by atoms with E-state index < -0.39 is 0 Å². The smallest absolute Gasteiger partial charge is 0.258 e. The molecule has 0 bridgehead atoms. The van der Waals surface area contributed by atoms with Gasteiger partial charge < -0.3 is 5.32 Å². The number of nitrogens with zero attached hydrogens (tertiary/aromatic N) is 2. The normalized spacial score (nSPS) is 10.3. The second-order valence-electron chi connectivity index (χ2n) is 3.55. The summed E-state index contributed by atoms with van der Waals surface area (Å²) in [5.41, 5.74) is 0.863. The standard InChI is InChI=1S/C12H9Cl2N3OS/c1-19-8-4-2-7(3-5-8)15-12(18)9-6-10(13)16-17-11(9)14/h2-6H,1H3,(H,15,18). The fourth-order valence-corrected chi connectivity index (χ4v) is 2.12. The monoisotopic (exact) mass is 313 g/mol. The molecule has 2 aromatic rings. The van der Waals surface area contributed by atoms with Gasteiger partial charge in [-0.2, -0.15) is 0 Å². The van der Waals surface area contributed by atoms with E-state index in [1.165, 1.54) is 6.07 Å². The Bertz CT molecular complexity index is 604. The predicted molar refractivity (Wildman–Crippen MR) is 78.2 cm³/mol. The van der Waals surface area contributed by atoms with Gasteiger partial charge in [-0.15, -0.1) is 22.0 Å². The molecule has 2 rings (SSSR count). The molecule has 0 aliphatic heterocycles. The van der Waals surface area contributed by atoms with E-state index in [0.29, 0.717) is 5.69 Å². The van der Waals surface area contributed by atoms with E-state index in [-0.39, 0.29) is 21.8 Å². The van der Waals surface area contributed by atoms with Crippen LogP contribution in [0.15, 0.2) is 35.2 Å². The first kappa shape index (κ1) is 14.1. The van der Waals surface area contributed by atoms with Gasteiger partial charge in [0.1, 0.15) is 0 Å². The summed E-state index contributed by atoms with van der Waals surface area (Å²) in [6, 6.07) is 8.84. The first-order valence-corrected chi connectivity index (χ1v) is 7.22. The van der Waals surface area contributed by atoms with Gasteiger partial charge in [0.2, 0.25) is 0 Å². The largest absolute Gasteiger partial charge is 0.322 e. The van der Waals surface area contributed by atoms with E-state index in [2.05, 4.69) is 15.5 Å². The summed E-state index contributed by atoms with van der Waals surface area (Å²) < 4.78 is 0. The number of hydrogen-bond acceptors (Lipinski definition) is 4. The molecule has 4 nitrogen and oxygen atoms in total. The quantitative estimate of drug-likeness (QED) is 0.877. The highest BCUT2D eigenvalue weighted by Gasteiger charge is 2.13. The lowest BCUT2D eigenvalue weighted by molar-refractivity contribution is 0.102. The highest BCUT2D eigenvalue weighted by atomic mass is 35.5. The second-order valence-corrected chi connectivity index (χ2v) is 5.18. The van der Waals surface area contributed by atoms with Crippen molar-refractivity contribution in [1.29, 1.82) is 0 Å². The summed E-state index contributed by atoms with van der Waals surface area (Å²) in [6.45, 7) is 0. The van der Waals surface area contributed by atoms with Crippen LogP contribution in [0.1, 0.15) is 10.4 Å². The molecule has 98 valence electrons. The molecule has 0 saturated carbocycles. The van der Waals surface area contributed by atoms with Crippen LogP contribution in [0.3, 0.4) is 0 Å². The van der Waals surface area contributed by atoms with Crippen molar-refractivity contribution in [3.63, 3.8) is 0 Å². The Morgan fingerprint density at radius 2 is 1.89 bits per heavy atom. The van der Waals surface area contributed by atoms with E-state index in [1.807, 2.05) is 30.5 Å². The zero-order valence-electron chi connectivity index (χ0n) is 9.85. The van der Waals surface area contributed by atoms with Crippen LogP contribution in [0.25, 0.3) is 0 Å². The van der Waals surface area contributed by atoms with Gasteiger partial charge in [0.05, 0.1) is 5.56 Å². The Kier molecular flexibility index (Phi) is 4.63. The van der Waals surface area contributed by atoms with Crippen molar-refractivity contribution in [2.45, 2.75) is 4.90 Å². The fraction of sp³-hybridized carbons (Fsp3) is 0.0833. The minimum Gasteiger partial charge on any atom is -0.322 e. The molecule has 1 aromatic carbocycles. The van der Waals surface area contributed by atoms with Gasteiger partial charge in [-0.05, 0) is 36.6 Å². The number of thioether (sulfide) groups is 1. The van der Waals surface area contributed by atoms with Crippen LogP contribution >= 0.6 is 35.0 Å². The Labute approximate surface area is 124 Å². The Hall–Kier alpha value is -1.30. The van der Waals surface area contributed by atoms with Crippen LogP contribution < -0.4 is 5.32 Å². The first-order chi connectivity index (χ1) is 9.10. The Balaban J connectivity index is 2.18. The maximum absolute atomic E-state index is 12.0. The molecule has 19 heavy (non-hydrogen) atoms. The summed E-state index contributed by atoms with van der Waals surface area (Å²) in [5, 5.41) is 9.99. The number of amides is 1. The van der Waals surface area contributed by atoms with Crippen molar-refractivity contribution in [2.75, 3.05) is 11.6 Å². The summed E-state index contributed by atoms with van der Waals surface area (Å²) >= 11 is 13.1. The molecular formula is C12H9Cl2N3OS. The topological polar surface area (TPSA) is 54.9 Å². The number of anilines is 1. The molecule has 0 fully saturated rings. The SMILES string of the molecule is CSc1ccc(NC(=O)c2cc(Cl)nnc2Cl)cc1. The molecule has 1 amide bonds. The van der Waals surface area contributed by atoms with Crippen molar-refractivity contribution in [1.82, 2.24) is 10.2 Å². The van der Waals surface area contributed by atoms with E-state index in [1.54, 1.807) is 11.8 Å². The number of rotatable bonds is 3. The third-order valence-electron chi connectivity index (χ3n) is 2.31. The third kappa shape index (κ3) is 3.59. The zero-order chi connectivity index (χ0) is 13.8. The average Bonchev–Trinajstić information content (AvgIpc) is 2.42. The molecule has 1 N–H and O–H groups in total. The Morgan fingerprint density at radius 3 is 2.53 bits per heavy atom. The summed E-state index contributed by atoms with van der Waals surface area (Å²) in [6.07, 6.45) is 1.98. The average molecular weight is 314 g/mol. The molecule has 0 unspecified atom stereocenters. The van der Waals surface area contributed by atoms with Gasteiger partial charge in [0.15, 0.2) is 10.3 Å². The minimum atomic E-state index is -0.376. The van der Waals surface area contributed by atoms with Crippen molar-refractivity contribution >= 4 is 46.6 Å². The van der Waals surface area contributed by atoms with Crippen molar-refractivity contribution < 1.29 is 4.79 Å². The second kappa shape index (κ2) is 6.23. The van der Waals surface area contributed by atoms with Crippen LogP contribution in [0.5, 0.6) is 0 Å². The van der Waals surface area contributed by atoms with Gasteiger partial charge in [0.25, 0.3) is 5.91 Å². The number of carbonyl (C=O) groups is 1. The van der Waals surface area contributed by atoms with E-state index in [4.69, 9.17) is 23.2 Å². The predicted octanol–water partition coefficient (Wildman–Crippen LogP) is 3.76. The fourth-order valence-electron chi connectivity index (χ4n) is 1.39. The number of nitrogens with one attached hydrogen (secondary N) is 1. The van der Waals surface area contributed by atoms with Gasteiger partial charge in [0, 0.05) is 10.6 Å². The lowest BCUT2D eigenvalue weighted by atomic mass is 10.2. The maximum Gasteiger partial charge on any atom is 0.258 e. The number of hydrogen-bond donors (Lipinski definition) is 1. The highest BCUT2D eigenvalue weighted by Crippen LogP contribution is 2.20. The van der Waals surface area contributed by atoms with E-state index in [9.17, 15) is 4.79 Å². The lowest BCUT2D eigenvalue weighted by Crippen LogP contribution is -2.13. The molecule has 0 radical (unpaired) electrons. The van der Waals surface area contributed by atoms with Crippen LogP contribution in [-0.4, -0.2) is 22.4 Å². The van der Waals surface area contributed by atoms with Crippen LogP contribution in [0, 0.1) is 0 Å². The molecule has 1 heterocycles. The molecule has 0 saturated heterocycles. The third-order valence-corrected chi connectivity index (χ3v) is 3.52. The zero-order valence-corrected chi connectivity index (χ0v) is 12.2. The molecule has 1 aromatic heterocycles. The number of carbonyl (C=O) groups excluding carboxylic acids is 1. The first-order valence-electron chi connectivity index (χ1n) is 5.24. The van der Waals surface area contributed by atoms with E-state index in [0.717, 1.165) is 4.90 Å². The maximum atomic E-state index is 12.0. The van der Waals surface area contributed by atoms with Crippen LogP contribution in [-0.2, 0) is 0 Å². The molecule has 0 aliphatic carbocycles. The van der Waals surface area contributed by atoms with Gasteiger partial charge in [-0.25, -0.2) is 0 Å². The van der Waals surface area contributed by atoms with Gasteiger partial charge >= 0.3 is 0 Å². The van der Waals surface area contributed by atoms with Crippen molar-refractivity contribution in [3.05, 3.63) is 46.2 Å². The highest BCUT2D eigenvalue weighted by molar-refractivity contribution is 7.98. The molecular weight excluding hydrogens is 305 g/mol. The number of benzene rings is 1.